The van der Waals surface area contributed by atoms with Gasteiger partial charge in [-0.1, -0.05) is 0 Å². The summed E-state index contributed by atoms with van der Waals surface area (Å²) >= 11 is 0. The van der Waals surface area contributed by atoms with E-state index < -0.39 is 0 Å². The van der Waals surface area contributed by atoms with Crippen molar-refractivity contribution in [2.24, 2.45) is 0 Å². The molecule has 0 radical (unpaired) electrons. The lowest BCUT2D eigenvalue weighted by Gasteiger charge is -2.31. The normalized spacial score (nSPS) is 27.2. The maximum Gasteiger partial charge on any atom is 0.272 e. The average Bonchev–Trinajstić information content (AvgIpc) is 2.67. The molecule has 0 saturated carbocycles. The second-order valence-corrected chi connectivity index (χ2v) is 4.64. The summed E-state index contributed by atoms with van der Waals surface area (Å²) in [5, 5.41) is 0. The quantitative estimate of drug-likeness (QED) is 0.774. The number of pyridine rings is 1. The predicted molar refractivity (Wildman–Crippen MR) is 62.4 cm³/mol. The van der Waals surface area contributed by atoms with Gasteiger partial charge in [0, 0.05) is 25.0 Å². The van der Waals surface area contributed by atoms with Gasteiger partial charge in [0.15, 0.2) is 0 Å². The molecular formula is C12H15N3O2. The molecule has 2 atom stereocenters. The fourth-order valence-electron chi connectivity index (χ4n) is 2.51. The summed E-state index contributed by atoms with van der Waals surface area (Å²) in [5.74, 6) is -0.0440. The van der Waals surface area contributed by atoms with Gasteiger partial charge in [0.2, 0.25) is 0 Å². The highest BCUT2D eigenvalue weighted by Crippen LogP contribution is 2.26. The molecule has 2 N–H and O–H groups in total. The molecule has 90 valence electrons. The van der Waals surface area contributed by atoms with E-state index in [1.807, 2.05) is 4.90 Å². The van der Waals surface area contributed by atoms with Gasteiger partial charge in [-0.3, -0.25) is 9.78 Å². The van der Waals surface area contributed by atoms with Crippen molar-refractivity contribution < 1.29 is 9.53 Å². The van der Waals surface area contributed by atoms with E-state index in [4.69, 9.17) is 10.5 Å². The van der Waals surface area contributed by atoms with Gasteiger partial charge < -0.3 is 15.4 Å². The lowest BCUT2D eigenvalue weighted by molar-refractivity contribution is -0.0305. The molecule has 1 aromatic rings. The van der Waals surface area contributed by atoms with E-state index in [9.17, 15) is 4.79 Å². The van der Waals surface area contributed by atoms with E-state index >= 15 is 0 Å². The lowest BCUT2D eigenvalue weighted by atomic mass is 10.2. The summed E-state index contributed by atoms with van der Waals surface area (Å²) in [4.78, 5) is 18.1. The van der Waals surface area contributed by atoms with Gasteiger partial charge in [0.25, 0.3) is 5.91 Å². The first-order valence-electron chi connectivity index (χ1n) is 5.88. The number of amides is 1. The number of carbonyl (C=O) groups is 1. The number of nitrogens with zero attached hydrogens (tertiary/aromatic N) is 2. The molecule has 0 aliphatic carbocycles. The molecule has 5 heteroatoms. The van der Waals surface area contributed by atoms with Crippen LogP contribution >= 0.6 is 0 Å². The van der Waals surface area contributed by atoms with Gasteiger partial charge in [-0.05, 0) is 25.0 Å². The molecule has 2 aliphatic heterocycles. The molecule has 2 fully saturated rings. The molecule has 5 nitrogen and oxygen atoms in total. The first-order valence-corrected chi connectivity index (χ1v) is 5.88. The third-order valence-electron chi connectivity index (χ3n) is 3.33. The SMILES string of the molecule is Nc1ccnc(C(=O)N2CC3CCC(C2)O3)c1. The number of nitrogens with two attached hydrogens (primary N) is 1. The summed E-state index contributed by atoms with van der Waals surface area (Å²) < 4.78 is 5.70. The van der Waals surface area contributed by atoms with E-state index in [0.29, 0.717) is 24.5 Å². The van der Waals surface area contributed by atoms with Crippen molar-refractivity contribution >= 4 is 11.6 Å². The van der Waals surface area contributed by atoms with Crippen molar-refractivity contribution in [1.29, 1.82) is 0 Å². The van der Waals surface area contributed by atoms with Gasteiger partial charge >= 0.3 is 0 Å². The Morgan fingerprint density at radius 2 is 2.12 bits per heavy atom. The van der Waals surface area contributed by atoms with Gasteiger partial charge in [0.05, 0.1) is 12.2 Å². The number of fused-ring (bicyclic) bond motifs is 2. The first-order chi connectivity index (χ1) is 8.22. The van der Waals surface area contributed by atoms with Crippen LogP contribution in [0.2, 0.25) is 0 Å². The Kier molecular flexibility index (Phi) is 2.48. The van der Waals surface area contributed by atoms with E-state index in [-0.39, 0.29) is 18.1 Å². The van der Waals surface area contributed by atoms with Crippen LogP contribution < -0.4 is 5.73 Å². The van der Waals surface area contributed by atoms with Crippen LogP contribution in [-0.4, -0.2) is 41.1 Å². The fourth-order valence-corrected chi connectivity index (χ4v) is 2.51. The molecule has 3 rings (SSSR count). The average molecular weight is 233 g/mol. The minimum absolute atomic E-state index is 0.0440. The zero-order valence-electron chi connectivity index (χ0n) is 9.50. The number of anilines is 1. The van der Waals surface area contributed by atoms with Gasteiger partial charge in [-0.15, -0.1) is 0 Å². The second-order valence-electron chi connectivity index (χ2n) is 4.64. The summed E-state index contributed by atoms with van der Waals surface area (Å²) in [6.07, 6.45) is 4.09. The van der Waals surface area contributed by atoms with E-state index in [1.165, 1.54) is 0 Å². The number of carbonyl (C=O) groups excluding carboxylic acids is 1. The van der Waals surface area contributed by atoms with E-state index in [2.05, 4.69) is 4.98 Å². The predicted octanol–water partition coefficient (Wildman–Crippen LogP) is 0.667. The number of morpholine rings is 1. The number of aromatic nitrogens is 1. The molecular weight excluding hydrogens is 218 g/mol. The Morgan fingerprint density at radius 3 is 2.76 bits per heavy atom. The highest BCUT2D eigenvalue weighted by molar-refractivity contribution is 5.93. The van der Waals surface area contributed by atoms with Gasteiger partial charge in [-0.2, -0.15) is 0 Å². The number of likely N-dealkylation sites (tertiary alicyclic amines) is 1. The van der Waals surface area contributed by atoms with Crippen LogP contribution in [0.1, 0.15) is 23.3 Å². The Labute approximate surface area is 99.6 Å². The number of hydrogen-bond acceptors (Lipinski definition) is 4. The Morgan fingerprint density at radius 1 is 1.41 bits per heavy atom. The molecule has 0 spiro atoms. The van der Waals surface area contributed by atoms with Crippen molar-refractivity contribution in [3.63, 3.8) is 0 Å². The van der Waals surface area contributed by atoms with Gasteiger partial charge in [-0.25, -0.2) is 0 Å². The fraction of sp³-hybridized carbons (Fsp3) is 0.500. The summed E-state index contributed by atoms with van der Waals surface area (Å²) in [7, 11) is 0. The van der Waals surface area contributed by atoms with Crippen LogP contribution in [0.3, 0.4) is 0 Å². The van der Waals surface area contributed by atoms with E-state index in [0.717, 1.165) is 12.8 Å². The van der Waals surface area contributed by atoms with Crippen LogP contribution in [0.15, 0.2) is 18.3 Å². The second kappa shape index (κ2) is 4.00. The van der Waals surface area contributed by atoms with Crippen LogP contribution in [0, 0.1) is 0 Å². The highest BCUT2D eigenvalue weighted by Gasteiger charge is 2.36. The first kappa shape index (κ1) is 10.5. The largest absolute Gasteiger partial charge is 0.399 e. The van der Waals surface area contributed by atoms with Crippen LogP contribution in [0.5, 0.6) is 0 Å². The molecule has 2 saturated heterocycles. The molecule has 17 heavy (non-hydrogen) atoms. The van der Waals surface area contributed by atoms with Crippen molar-refractivity contribution in [3.05, 3.63) is 24.0 Å². The third kappa shape index (κ3) is 1.98. The number of nitrogen functional groups attached to an aromatic ring is 1. The topological polar surface area (TPSA) is 68.5 Å². The summed E-state index contributed by atoms with van der Waals surface area (Å²) in [6, 6.07) is 3.31. The minimum Gasteiger partial charge on any atom is -0.399 e. The van der Waals surface area contributed by atoms with Crippen LogP contribution in [0.25, 0.3) is 0 Å². The maximum atomic E-state index is 12.2. The van der Waals surface area contributed by atoms with E-state index in [1.54, 1.807) is 18.3 Å². The lowest BCUT2D eigenvalue weighted by Crippen LogP contribution is -2.46. The maximum absolute atomic E-state index is 12.2. The molecule has 3 heterocycles. The molecule has 0 aromatic carbocycles. The van der Waals surface area contributed by atoms with Crippen molar-refractivity contribution in [2.75, 3.05) is 18.8 Å². The Bertz CT molecular complexity index is 437. The molecule has 2 unspecified atom stereocenters. The zero-order valence-corrected chi connectivity index (χ0v) is 9.50. The number of hydrogen-bond donors (Lipinski definition) is 1. The van der Waals surface area contributed by atoms with Gasteiger partial charge in [0.1, 0.15) is 5.69 Å². The summed E-state index contributed by atoms with van der Waals surface area (Å²) in [6.45, 7) is 1.34. The van der Waals surface area contributed by atoms with Crippen LogP contribution in [0.4, 0.5) is 5.69 Å². The van der Waals surface area contributed by atoms with Crippen molar-refractivity contribution in [2.45, 2.75) is 25.0 Å². The summed E-state index contributed by atoms with van der Waals surface area (Å²) in [5.41, 5.74) is 6.65. The monoisotopic (exact) mass is 233 g/mol. The van der Waals surface area contributed by atoms with Crippen molar-refractivity contribution in [1.82, 2.24) is 9.88 Å². The Hall–Kier alpha value is -1.62. The smallest absolute Gasteiger partial charge is 0.272 e. The zero-order chi connectivity index (χ0) is 11.8. The van der Waals surface area contributed by atoms with Crippen molar-refractivity contribution in [3.8, 4) is 0 Å². The third-order valence-corrected chi connectivity index (χ3v) is 3.33. The standard InChI is InChI=1S/C12H15N3O2/c13-8-3-4-14-11(5-8)12(16)15-6-9-1-2-10(7-15)17-9/h3-5,9-10H,1-2,6-7H2,(H2,13,14). The molecule has 1 aromatic heterocycles. The number of ether oxygens (including phenoxy) is 1. The number of rotatable bonds is 1. The van der Waals surface area contributed by atoms with Crippen LogP contribution in [-0.2, 0) is 4.74 Å². The Balaban J connectivity index is 1.78. The highest BCUT2D eigenvalue weighted by atomic mass is 16.5. The molecule has 2 bridgehead atoms. The molecule has 2 aliphatic rings. The molecule has 1 amide bonds. The minimum atomic E-state index is -0.0440.